The highest BCUT2D eigenvalue weighted by Gasteiger charge is 2.10. The number of nitrogens with zero attached hydrogens (tertiary/aromatic N) is 2. The predicted octanol–water partition coefficient (Wildman–Crippen LogP) is 4.50. The second kappa shape index (κ2) is 6.02. The molecule has 4 nitrogen and oxygen atoms in total. The third kappa shape index (κ3) is 3.17. The van der Waals surface area contributed by atoms with Gasteiger partial charge in [-0.05, 0) is 45.0 Å². The van der Waals surface area contributed by atoms with Crippen molar-refractivity contribution >= 4 is 0 Å². The van der Waals surface area contributed by atoms with E-state index in [0.29, 0.717) is 11.7 Å². The van der Waals surface area contributed by atoms with Crippen LogP contribution in [0, 0.1) is 6.92 Å². The Morgan fingerprint density at radius 2 is 1.55 bits per heavy atom. The Morgan fingerprint density at radius 1 is 0.909 bits per heavy atom. The Labute approximate surface area is 129 Å². The molecule has 0 fully saturated rings. The lowest BCUT2D eigenvalue weighted by atomic mass is 10.1. The lowest BCUT2D eigenvalue weighted by molar-refractivity contribution is 0.242. The molecule has 1 heterocycles. The van der Waals surface area contributed by atoms with E-state index in [-0.39, 0.29) is 6.10 Å². The van der Waals surface area contributed by atoms with Crippen LogP contribution in [-0.4, -0.2) is 16.2 Å². The minimum atomic E-state index is 0.155. The summed E-state index contributed by atoms with van der Waals surface area (Å²) >= 11 is 0. The molecule has 0 aliphatic rings. The Morgan fingerprint density at radius 3 is 2.18 bits per heavy atom. The van der Waals surface area contributed by atoms with Gasteiger partial charge in [-0.1, -0.05) is 35.0 Å². The van der Waals surface area contributed by atoms with Crippen LogP contribution in [0.25, 0.3) is 22.8 Å². The van der Waals surface area contributed by atoms with Crippen LogP contribution < -0.4 is 4.74 Å². The predicted molar refractivity (Wildman–Crippen MR) is 85.7 cm³/mol. The van der Waals surface area contributed by atoms with E-state index in [2.05, 4.69) is 10.1 Å². The largest absolute Gasteiger partial charge is 0.491 e. The monoisotopic (exact) mass is 294 g/mol. The zero-order valence-electron chi connectivity index (χ0n) is 12.9. The van der Waals surface area contributed by atoms with Crippen molar-refractivity contribution in [3.05, 3.63) is 54.1 Å². The van der Waals surface area contributed by atoms with Gasteiger partial charge in [0.2, 0.25) is 5.82 Å². The van der Waals surface area contributed by atoms with E-state index in [1.165, 1.54) is 5.56 Å². The van der Waals surface area contributed by atoms with E-state index in [1.54, 1.807) is 0 Å². The number of hydrogen-bond acceptors (Lipinski definition) is 4. The standard InChI is InChI=1S/C18H18N2O2/c1-12(2)21-16-10-8-15(9-11-16)18-19-17(20-22-18)14-6-4-13(3)5-7-14/h4-12H,1-3H3. The van der Waals surface area contributed by atoms with Crippen molar-refractivity contribution in [1.82, 2.24) is 10.1 Å². The van der Waals surface area contributed by atoms with Gasteiger partial charge < -0.3 is 9.26 Å². The molecule has 1 aromatic heterocycles. The molecule has 112 valence electrons. The van der Waals surface area contributed by atoms with E-state index in [1.807, 2.05) is 69.3 Å². The minimum Gasteiger partial charge on any atom is -0.491 e. The molecule has 0 atom stereocenters. The molecule has 0 aliphatic heterocycles. The van der Waals surface area contributed by atoms with Gasteiger partial charge in [0.15, 0.2) is 0 Å². The zero-order valence-corrected chi connectivity index (χ0v) is 12.9. The maximum absolute atomic E-state index is 5.62. The molecule has 0 radical (unpaired) electrons. The molecule has 0 saturated carbocycles. The van der Waals surface area contributed by atoms with Crippen molar-refractivity contribution < 1.29 is 9.26 Å². The van der Waals surface area contributed by atoms with Gasteiger partial charge >= 0.3 is 0 Å². The van der Waals surface area contributed by atoms with Gasteiger partial charge in [0, 0.05) is 11.1 Å². The normalized spacial score (nSPS) is 10.9. The van der Waals surface area contributed by atoms with Crippen molar-refractivity contribution in [2.24, 2.45) is 0 Å². The summed E-state index contributed by atoms with van der Waals surface area (Å²) in [6.07, 6.45) is 0.155. The maximum Gasteiger partial charge on any atom is 0.258 e. The van der Waals surface area contributed by atoms with Gasteiger partial charge in [0.05, 0.1) is 6.10 Å². The summed E-state index contributed by atoms with van der Waals surface area (Å²) in [4.78, 5) is 4.45. The molecule has 3 aromatic rings. The topological polar surface area (TPSA) is 48.2 Å². The van der Waals surface area contributed by atoms with E-state index >= 15 is 0 Å². The van der Waals surface area contributed by atoms with Crippen LogP contribution >= 0.6 is 0 Å². The third-order valence-electron chi connectivity index (χ3n) is 3.21. The molecule has 0 aliphatic carbocycles. The van der Waals surface area contributed by atoms with Crippen LogP contribution in [0.1, 0.15) is 19.4 Å². The van der Waals surface area contributed by atoms with Crippen molar-refractivity contribution in [3.63, 3.8) is 0 Å². The Hall–Kier alpha value is -2.62. The summed E-state index contributed by atoms with van der Waals surface area (Å²) in [6.45, 7) is 6.05. The fraction of sp³-hybridized carbons (Fsp3) is 0.222. The molecule has 0 bridgehead atoms. The van der Waals surface area contributed by atoms with Gasteiger partial charge in [-0.25, -0.2) is 0 Å². The van der Waals surface area contributed by atoms with Crippen molar-refractivity contribution in [2.45, 2.75) is 26.9 Å². The van der Waals surface area contributed by atoms with Crippen LogP contribution in [0.15, 0.2) is 53.1 Å². The quantitative estimate of drug-likeness (QED) is 0.711. The molecule has 0 saturated heterocycles. The molecule has 0 spiro atoms. The average Bonchev–Trinajstić information content (AvgIpc) is 2.98. The molecule has 22 heavy (non-hydrogen) atoms. The van der Waals surface area contributed by atoms with Crippen molar-refractivity contribution in [3.8, 4) is 28.6 Å². The second-order valence-corrected chi connectivity index (χ2v) is 5.48. The van der Waals surface area contributed by atoms with Crippen LogP contribution in [-0.2, 0) is 0 Å². The summed E-state index contributed by atoms with van der Waals surface area (Å²) in [6, 6.07) is 15.7. The SMILES string of the molecule is Cc1ccc(-c2noc(-c3ccc(OC(C)C)cc3)n2)cc1. The zero-order chi connectivity index (χ0) is 15.5. The first-order chi connectivity index (χ1) is 10.6. The first kappa shape index (κ1) is 14.3. The number of aromatic nitrogens is 2. The summed E-state index contributed by atoms with van der Waals surface area (Å²) < 4.78 is 11.0. The van der Waals surface area contributed by atoms with E-state index < -0.39 is 0 Å². The van der Waals surface area contributed by atoms with Crippen LogP contribution in [0.3, 0.4) is 0 Å². The Balaban J connectivity index is 1.82. The number of hydrogen-bond donors (Lipinski definition) is 0. The highest BCUT2D eigenvalue weighted by molar-refractivity contribution is 5.60. The first-order valence-corrected chi connectivity index (χ1v) is 7.29. The molecule has 0 unspecified atom stereocenters. The summed E-state index contributed by atoms with van der Waals surface area (Å²) in [5.41, 5.74) is 3.02. The van der Waals surface area contributed by atoms with E-state index in [0.717, 1.165) is 16.9 Å². The van der Waals surface area contributed by atoms with Crippen LogP contribution in [0.5, 0.6) is 5.75 Å². The smallest absolute Gasteiger partial charge is 0.258 e. The number of aryl methyl sites for hydroxylation is 1. The van der Waals surface area contributed by atoms with Gasteiger partial charge in [0.25, 0.3) is 5.89 Å². The highest BCUT2D eigenvalue weighted by atomic mass is 16.5. The summed E-state index contributed by atoms with van der Waals surface area (Å²) in [5, 5.41) is 4.05. The molecule has 4 heteroatoms. The second-order valence-electron chi connectivity index (χ2n) is 5.48. The first-order valence-electron chi connectivity index (χ1n) is 7.29. The fourth-order valence-electron chi connectivity index (χ4n) is 2.11. The lowest BCUT2D eigenvalue weighted by Gasteiger charge is -2.09. The van der Waals surface area contributed by atoms with Gasteiger partial charge in [0.1, 0.15) is 5.75 Å². The molecule has 0 amide bonds. The summed E-state index contributed by atoms with van der Waals surface area (Å²) in [7, 11) is 0. The van der Waals surface area contributed by atoms with E-state index in [4.69, 9.17) is 9.26 Å². The number of ether oxygens (including phenoxy) is 1. The fourth-order valence-corrected chi connectivity index (χ4v) is 2.11. The highest BCUT2D eigenvalue weighted by Crippen LogP contribution is 2.24. The van der Waals surface area contributed by atoms with Gasteiger partial charge in [-0.15, -0.1) is 0 Å². The van der Waals surface area contributed by atoms with Gasteiger partial charge in [-0.3, -0.25) is 0 Å². The number of rotatable bonds is 4. The average molecular weight is 294 g/mol. The third-order valence-corrected chi connectivity index (χ3v) is 3.21. The Kier molecular flexibility index (Phi) is 3.92. The molecular formula is C18H18N2O2. The molecular weight excluding hydrogens is 276 g/mol. The van der Waals surface area contributed by atoms with Crippen molar-refractivity contribution in [1.29, 1.82) is 0 Å². The van der Waals surface area contributed by atoms with E-state index in [9.17, 15) is 0 Å². The lowest BCUT2D eigenvalue weighted by Crippen LogP contribution is -2.05. The van der Waals surface area contributed by atoms with Crippen LogP contribution in [0.2, 0.25) is 0 Å². The summed E-state index contributed by atoms with van der Waals surface area (Å²) in [5.74, 6) is 1.93. The van der Waals surface area contributed by atoms with Crippen LogP contribution in [0.4, 0.5) is 0 Å². The maximum atomic E-state index is 5.62. The molecule has 3 rings (SSSR count). The minimum absolute atomic E-state index is 0.155. The van der Waals surface area contributed by atoms with Crippen molar-refractivity contribution in [2.75, 3.05) is 0 Å². The Bertz CT molecular complexity index is 744. The van der Waals surface area contributed by atoms with Gasteiger partial charge in [-0.2, -0.15) is 4.98 Å². The number of benzene rings is 2. The molecule has 2 aromatic carbocycles. The molecule has 0 N–H and O–H groups in total.